The van der Waals surface area contributed by atoms with Crippen LogP contribution in [-0.2, 0) is 0 Å². The van der Waals surface area contributed by atoms with Crippen molar-refractivity contribution >= 4 is 0 Å². The summed E-state index contributed by atoms with van der Waals surface area (Å²) in [5.74, 6) is 2.99. The van der Waals surface area contributed by atoms with Gasteiger partial charge in [0.2, 0.25) is 0 Å². The molecule has 1 rings (SSSR count). The van der Waals surface area contributed by atoms with Gasteiger partial charge in [-0.15, -0.1) is 0 Å². The van der Waals surface area contributed by atoms with Crippen molar-refractivity contribution in [1.29, 1.82) is 0 Å². The van der Waals surface area contributed by atoms with Crippen molar-refractivity contribution in [1.82, 2.24) is 0 Å². The lowest BCUT2D eigenvalue weighted by Gasteiger charge is -2.17. The Morgan fingerprint density at radius 3 is 2.22 bits per heavy atom. The molecule has 1 aromatic carbocycles. The Balaban J connectivity index is 2.31. The third kappa shape index (κ3) is 5.41. The van der Waals surface area contributed by atoms with Crippen molar-refractivity contribution < 1.29 is 9.47 Å². The molecule has 18 heavy (non-hydrogen) atoms. The average Bonchev–Trinajstić information content (AvgIpc) is 2.38. The van der Waals surface area contributed by atoms with Gasteiger partial charge in [-0.3, -0.25) is 0 Å². The van der Waals surface area contributed by atoms with E-state index in [4.69, 9.17) is 15.2 Å². The van der Waals surface area contributed by atoms with E-state index in [0.29, 0.717) is 11.8 Å². The van der Waals surface area contributed by atoms with Crippen molar-refractivity contribution in [2.75, 3.05) is 20.3 Å². The molecule has 1 unspecified atom stereocenters. The second-order valence-electron chi connectivity index (χ2n) is 5.04. The zero-order valence-electron chi connectivity index (χ0n) is 11.7. The molecule has 0 aromatic heterocycles. The van der Waals surface area contributed by atoms with Crippen LogP contribution >= 0.6 is 0 Å². The van der Waals surface area contributed by atoms with Gasteiger partial charge in [0.15, 0.2) is 0 Å². The SMILES string of the molecule is COc1ccc(OCCC(CN)CC(C)C)cc1. The molecule has 0 saturated carbocycles. The first-order valence-electron chi connectivity index (χ1n) is 6.62. The smallest absolute Gasteiger partial charge is 0.119 e. The van der Waals surface area contributed by atoms with Crippen molar-refractivity contribution in [2.24, 2.45) is 17.6 Å². The third-order valence-electron chi connectivity index (χ3n) is 2.99. The minimum absolute atomic E-state index is 0.559. The summed E-state index contributed by atoms with van der Waals surface area (Å²) in [5.41, 5.74) is 5.77. The minimum atomic E-state index is 0.559. The van der Waals surface area contributed by atoms with E-state index in [2.05, 4.69) is 13.8 Å². The first kappa shape index (κ1) is 14.8. The second kappa shape index (κ2) is 7.98. The molecule has 3 heteroatoms. The molecule has 0 radical (unpaired) electrons. The molecule has 0 bridgehead atoms. The summed E-state index contributed by atoms with van der Waals surface area (Å²) in [6.45, 7) is 5.92. The summed E-state index contributed by atoms with van der Waals surface area (Å²) in [5, 5.41) is 0. The summed E-state index contributed by atoms with van der Waals surface area (Å²) in [7, 11) is 1.66. The highest BCUT2D eigenvalue weighted by atomic mass is 16.5. The maximum atomic E-state index is 5.77. The van der Waals surface area contributed by atoms with Gasteiger partial charge in [0.25, 0.3) is 0 Å². The average molecular weight is 251 g/mol. The molecule has 0 aliphatic rings. The summed E-state index contributed by atoms with van der Waals surface area (Å²) >= 11 is 0. The van der Waals surface area contributed by atoms with Crippen LogP contribution in [0.2, 0.25) is 0 Å². The minimum Gasteiger partial charge on any atom is -0.497 e. The molecule has 0 heterocycles. The highest BCUT2D eigenvalue weighted by Crippen LogP contribution is 2.19. The normalized spacial score (nSPS) is 12.5. The van der Waals surface area contributed by atoms with E-state index in [-0.39, 0.29) is 0 Å². The summed E-state index contributed by atoms with van der Waals surface area (Å²) in [6.07, 6.45) is 2.18. The Labute approximate surface area is 110 Å². The predicted molar refractivity (Wildman–Crippen MR) is 75.1 cm³/mol. The largest absolute Gasteiger partial charge is 0.497 e. The number of ether oxygens (including phenoxy) is 2. The van der Waals surface area contributed by atoms with E-state index in [1.807, 2.05) is 24.3 Å². The van der Waals surface area contributed by atoms with Crippen LogP contribution in [0.15, 0.2) is 24.3 Å². The second-order valence-corrected chi connectivity index (χ2v) is 5.04. The van der Waals surface area contributed by atoms with E-state index >= 15 is 0 Å². The van der Waals surface area contributed by atoms with Crippen LogP contribution in [0.5, 0.6) is 11.5 Å². The van der Waals surface area contributed by atoms with Gasteiger partial charge in [0.1, 0.15) is 11.5 Å². The fourth-order valence-electron chi connectivity index (χ4n) is 2.01. The van der Waals surface area contributed by atoms with E-state index in [9.17, 15) is 0 Å². The molecule has 0 aliphatic heterocycles. The van der Waals surface area contributed by atoms with Crippen LogP contribution in [0.3, 0.4) is 0 Å². The summed E-state index contributed by atoms with van der Waals surface area (Å²) in [6, 6.07) is 7.67. The molecule has 2 N–H and O–H groups in total. The lowest BCUT2D eigenvalue weighted by molar-refractivity contribution is 0.264. The summed E-state index contributed by atoms with van der Waals surface area (Å²) in [4.78, 5) is 0. The maximum Gasteiger partial charge on any atom is 0.119 e. The number of nitrogens with two attached hydrogens (primary N) is 1. The van der Waals surface area contributed by atoms with Crippen molar-refractivity contribution in [3.05, 3.63) is 24.3 Å². The predicted octanol–water partition coefficient (Wildman–Crippen LogP) is 3.09. The van der Waals surface area contributed by atoms with E-state index in [1.165, 1.54) is 6.42 Å². The zero-order valence-corrected chi connectivity index (χ0v) is 11.7. The molecule has 0 fully saturated rings. The Kier molecular flexibility index (Phi) is 6.58. The molecule has 0 saturated heterocycles. The van der Waals surface area contributed by atoms with E-state index in [0.717, 1.165) is 31.1 Å². The Hall–Kier alpha value is -1.22. The molecular weight excluding hydrogens is 226 g/mol. The third-order valence-corrected chi connectivity index (χ3v) is 2.99. The fourth-order valence-corrected chi connectivity index (χ4v) is 2.01. The lowest BCUT2D eigenvalue weighted by atomic mass is 9.95. The Bertz CT molecular complexity index is 322. The van der Waals surface area contributed by atoms with Crippen LogP contribution in [-0.4, -0.2) is 20.3 Å². The number of hydrogen-bond acceptors (Lipinski definition) is 3. The number of rotatable bonds is 8. The van der Waals surface area contributed by atoms with E-state index in [1.54, 1.807) is 7.11 Å². The zero-order chi connectivity index (χ0) is 13.4. The molecule has 1 aromatic rings. The van der Waals surface area contributed by atoms with Gasteiger partial charge >= 0.3 is 0 Å². The van der Waals surface area contributed by atoms with E-state index < -0.39 is 0 Å². The Morgan fingerprint density at radius 1 is 1.11 bits per heavy atom. The van der Waals surface area contributed by atoms with Gasteiger partial charge in [-0.05, 0) is 55.5 Å². The molecule has 0 amide bonds. The van der Waals surface area contributed by atoms with Crippen molar-refractivity contribution in [3.63, 3.8) is 0 Å². The Morgan fingerprint density at radius 2 is 1.72 bits per heavy atom. The van der Waals surface area contributed by atoms with Crippen molar-refractivity contribution in [2.45, 2.75) is 26.7 Å². The monoisotopic (exact) mass is 251 g/mol. The molecule has 3 nitrogen and oxygen atoms in total. The van der Waals surface area contributed by atoms with Crippen LogP contribution in [0, 0.1) is 11.8 Å². The topological polar surface area (TPSA) is 44.5 Å². The standard InChI is InChI=1S/C15H25NO2/c1-12(2)10-13(11-16)8-9-18-15-6-4-14(17-3)5-7-15/h4-7,12-13H,8-11,16H2,1-3H3. The summed E-state index contributed by atoms with van der Waals surface area (Å²) < 4.78 is 10.8. The van der Waals surface area contributed by atoms with Crippen LogP contribution in [0.1, 0.15) is 26.7 Å². The van der Waals surface area contributed by atoms with Gasteiger partial charge < -0.3 is 15.2 Å². The first-order chi connectivity index (χ1) is 8.65. The molecule has 0 aliphatic carbocycles. The highest BCUT2D eigenvalue weighted by Gasteiger charge is 2.09. The van der Waals surface area contributed by atoms with Crippen LogP contribution < -0.4 is 15.2 Å². The number of benzene rings is 1. The molecule has 0 spiro atoms. The maximum absolute atomic E-state index is 5.77. The van der Waals surface area contributed by atoms with Gasteiger partial charge in [0, 0.05) is 0 Å². The van der Waals surface area contributed by atoms with Crippen molar-refractivity contribution in [3.8, 4) is 11.5 Å². The number of methoxy groups -OCH3 is 1. The molecule has 102 valence electrons. The molecular formula is C15H25NO2. The quantitative estimate of drug-likeness (QED) is 0.772. The van der Waals surface area contributed by atoms with Crippen LogP contribution in [0.25, 0.3) is 0 Å². The van der Waals surface area contributed by atoms with Gasteiger partial charge in [0.05, 0.1) is 13.7 Å². The van der Waals surface area contributed by atoms with Gasteiger partial charge in [-0.1, -0.05) is 13.8 Å². The number of hydrogen-bond donors (Lipinski definition) is 1. The highest BCUT2D eigenvalue weighted by molar-refractivity contribution is 5.31. The fraction of sp³-hybridized carbons (Fsp3) is 0.600. The molecule has 1 atom stereocenters. The van der Waals surface area contributed by atoms with Gasteiger partial charge in [-0.25, -0.2) is 0 Å². The first-order valence-corrected chi connectivity index (χ1v) is 6.62. The van der Waals surface area contributed by atoms with Crippen LogP contribution in [0.4, 0.5) is 0 Å². The van der Waals surface area contributed by atoms with Gasteiger partial charge in [-0.2, -0.15) is 0 Å². The lowest BCUT2D eigenvalue weighted by Crippen LogP contribution is -2.19.